The molecule has 29 heavy (non-hydrogen) atoms. The minimum atomic E-state index is 0.0692. The number of carbonyl (C=O) groups is 1. The van der Waals surface area contributed by atoms with Crippen LogP contribution in [0.3, 0.4) is 0 Å². The lowest BCUT2D eigenvalue weighted by molar-refractivity contribution is 0.0951. The summed E-state index contributed by atoms with van der Waals surface area (Å²) in [6, 6.07) is 17.0. The van der Waals surface area contributed by atoms with Gasteiger partial charge in [-0.05, 0) is 81.8 Å². The molecule has 0 radical (unpaired) electrons. The van der Waals surface area contributed by atoms with Gasteiger partial charge >= 0.3 is 0 Å². The number of nitrogens with one attached hydrogen (secondary N) is 1. The van der Waals surface area contributed by atoms with Gasteiger partial charge in [-0.15, -0.1) is 0 Å². The molecule has 1 aliphatic heterocycles. The van der Waals surface area contributed by atoms with Gasteiger partial charge in [-0.1, -0.05) is 30.3 Å². The quantitative estimate of drug-likeness (QED) is 0.722. The molecule has 2 aliphatic rings. The van der Waals surface area contributed by atoms with Crippen molar-refractivity contribution in [2.75, 3.05) is 19.7 Å². The summed E-state index contributed by atoms with van der Waals surface area (Å²) in [5.74, 6) is 1.81. The third-order valence-corrected chi connectivity index (χ3v) is 6.03. The van der Waals surface area contributed by atoms with Crippen LogP contribution in [0.4, 0.5) is 0 Å². The van der Waals surface area contributed by atoms with Crippen LogP contribution in [0, 0.1) is 5.92 Å². The summed E-state index contributed by atoms with van der Waals surface area (Å²) in [6.45, 7) is 5.97. The van der Waals surface area contributed by atoms with Gasteiger partial charge < -0.3 is 10.1 Å². The fraction of sp³-hybridized carbons (Fsp3) is 0.480. The predicted octanol–water partition coefficient (Wildman–Crippen LogP) is 4.43. The Balaban J connectivity index is 1.25. The number of piperidine rings is 1. The molecule has 1 heterocycles. The minimum Gasteiger partial charge on any atom is -0.494 e. The molecule has 0 atom stereocenters. The Hall–Kier alpha value is -2.33. The summed E-state index contributed by atoms with van der Waals surface area (Å²) in [6.07, 6.45) is 5.80. The van der Waals surface area contributed by atoms with E-state index in [1.54, 1.807) is 0 Å². The molecule has 1 aliphatic carbocycles. The van der Waals surface area contributed by atoms with E-state index in [1.807, 2.05) is 25.1 Å². The normalized spacial score (nSPS) is 17.8. The van der Waals surface area contributed by atoms with Gasteiger partial charge in [-0.3, -0.25) is 9.69 Å². The summed E-state index contributed by atoms with van der Waals surface area (Å²) < 4.78 is 5.77. The first-order valence-electron chi connectivity index (χ1n) is 11.0. The zero-order valence-corrected chi connectivity index (χ0v) is 17.4. The van der Waals surface area contributed by atoms with E-state index in [9.17, 15) is 4.79 Å². The number of rotatable bonds is 8. The van der Waals surface area contributed by atoms with Crippen LogP contribution in [-0.2, 0) is 13.0 Å². The number of nitrogens with zero attached hydrogens (tertiary/aromatic N) is 1. The Morgan fingerprint density at radius 2 is 1.76 bits per heavy atom. The number of hydrogen-bond donors (Lipinski definition) is 1. The molecule has 1 saturated heterocycles. The van der Waals surface area contributed by atoms with E-state index >= 15 is 0 Å². The van der Waals surface area contributed by atoms with Crippen LogP contribution in [0.5, 0.6) is 5.75 Å². The van der Waals surface area contributed by atoms with Crippen molar-refractivity contribution in [2.45, 2.75) is 51.6 Å². The minimum absolute atomic E-state index is 0.0692. The highest BCUT2D eigenvalue weighted by atomic mass is 16.5. The summed E-state index contributed by atoms with van der Waals surface area (Å²) in [4.78, 5) is 14.7. The third-order valence-electron chi connectivity index (χ3n) is 6.03. The van der Waals surface area contributed by atoms with Gasteiger partial charge in [0, 0.05) is 23.7 Å². The molecule has 2 fully saturated rings. The molecule has 0 bridgehead atoms. The van der Waals surface area contributed by atoms with E-state index in [0.29, 0.717) is 12.6 Å². The van der Waals surface area contributed by atoms with E-state index in [2.05, 4.69) is 40.5 Å². The van der Waals surface area contributed by atoms with Gasteiger partial charge in [0.15, 0.2) is 0 Å². The highest BCUT2D eigenvalue weighted by Gasteiger charge is 2.24. The summed E-state index contributed by atoms with van der Waals surface area (Å²) in [5, 5.41) is 3.05. The van der Waals surface area contributed by atoms with Crippen molar-refractivity contribution >= 4 is 5.91 Å². The molecular weight excluding hydrogens is 360 g/mol. The van der Waals surface area contributed by atoms with Crippen LogP contribution in [0.1, 0.15) is 54.1 Å². The standard InChI is InChI=1S/C25H32N2O2/c1-2-29-24-6-4-3-5-22(24)18-27-15-13-20(14-16-27)17-19-7-9-21(10-8-19)25(28)26-23-11-12-23/h3-10,20,23H,2,11-18H2,1H3,(H,26,28). The van der Waals surface area contributed by atoms with Crippen LogP contribution in [-0.4, -0.2) is 36.5 Å². The molecule has 154 valence electrons. The third kappa shape index (κ3) is 5.60. The van der Waals surface area contributed by atoms with Gasteiger partial charge in [0.05, 0.1) is 6.61 Å². The number of benzene rings is 2. The molecule has 0 unspecified atom stereocenters. The van der Waals surface area contributed by atoms with Crippen molar-refractivity contribution in [3.05, 3.63) is 65.2 Å². The first kappa shape index (κ1) is 20.0. The van der Waals surface area contributed by atoms with Gasteiger partial charge in [0.25, 0.3) is 5.91 Å². The summed E-state index contributed by atoms with van der Waals surface area (Å²) in [7, 11) is 0. The number of carbonyl (C=O) groups excluding carboxylic acids is 1. The van der Waals surface area contributed by atoms with Gasteiger partial charge in [-0.25, -0.2) is 0 Å². The fourth-order valence-electron chi connectivity index (χ4n) is 4.14. The average Bonchev–Trinajstić information content (AvgIpc) is 3.56. The molecule has 4 nitrogen and oxygen atoms in total. The molecule has 1 saturated carbocycles. The van der Waals surface area contributed by atoms with E-state index in [4.69, 9.17) is 4.74 Å². The van der Waals surface area contributed by atoms with Crippen LogP contribution in [0.25, 0.3) is 0 Å². The zero-order chi connectivity index (χ0) is 20.1. The van der Waals surface area contributed by atoms with Crippen molar-refractivity contribution < 1.29 is 9.53 Å². The second kappa shape index (κ2) is 9.45. The molecule has 1 N–H and O–H groups in total. The second-order valence-corrected chi connectivity index (χ2v) is 8.41. The van der Waals surface area contributed by atoms with Crippen LogP contribution in [0.15, 0.2) is 48.5 Å². The van der Waals surface area contributed by atoms with Crippen LogP contribution < -0.4 is 10.1 Å². The first-order chi connectivity index (χ1) is 14.2. The van der Waals surface area contributed by atoms with Crippen molar-refractivity contribution in [1.82, 2.24) is 10.2 Å². The van der Waals surface area contributed by atoms with E-state index in [-0.39, 0.29) is 5.91 Å². The number of hydrogen-bond acceptors (Lipinski definition) is 3. The number of likely N-dealkylation sites (tertiary alicyclic amines) is 1. The Morgan fingerprint density at radius 1 is 1.03 bits per heavy atom. The summed E-state index contributed by atoms with van der Waals surface area (Å²) >= 11 is 0. The van der Waals surface area contributed by atoms with E-state index in [0.717, 1.165) is 56.1 Å². The van der Waals surface area contributed by atoms with E-state index < -0.39 is 0 Å². The molecule has 4 rings (SSSR count). The van der Waals surface area contributed by atoms with Gasteiger partial charge in [0.1, 0.15) is 5.75 Å². The highest BCUT2D eigenvalue weighted by Crippen LogP contribution is 2.26. The molecular formula is C25H32N2O2. The van der Waals surface area contributed by atoms with Crippen LogP contribution >= 0.6 is 0 Å². The Morgan fingerprint density at radius 3 is 2.45 bits per heavy atom. The highest BCUT2D eigenvalue weighted by molar-refractivity contribution is 5.94. The second-order valence-electron chi connectivity index (χ2n) is 8.41. The largest absolute Gasteiger partial charge is 0.494 e. The Bertz CT molecular complexity index is 806. The maximum atomic E-state index is 12.1. The van der Waals surface area contributed by atoms with Crippen LogP contribution in [0.2, 0.25) is 0 Å². The average molecular weight is 393 g/mol. The number of para-hydroxylation sites is 1. The molecule has 0 aromatic heterocycles. The van der Waals surface area contributed by atoms with Crippen molar-refractivity contribution in [2.24, 2.45) is 5.92 Å². The topological polar surface area (TPSA) is 41.6 Å². The Labute approximate surface area is 174 Å². The van der Waals surface area contributed by atoms with Gasteiger partial charge in [-0.2, -0.15) is 0 Å². The molecule has 2 aromatic rings. The maximum absolute atomic E-state index is 12.1. The van der Waals surface area contributed by atoms with Gasteiger partial charge in [0.2, 0.25) is 0 Å². The van der Waals surface area contributed by atoms with Crippen molar-refractivity contribution in [1.29, 1.82) is 0 Å². The SMILES string of the molecule is CCOc1ccccc1CN1CCC(Cc2ccc(C(=O)NC3CC3)cc2)CC1. The first-order valence-corrected chi connectivity index (χ1v) is 11.0. The van der Waals surface area contributed by atoms with Crippen molar-refractivity contribution in [3.63, 3.8) is 0 Å². The maximum Gasteiger partial charge on any atom is 0.251 e. The monoisotopic (exact) mass is 392 g/mol. The lowest BCUT2D eigenvalue weighted by Crippen LogP contribution is -2.34. The number of ether oxygens (including phenoxy) is 1. The fourth-order valence-corrected chi connectivity index (χ4v) is 4.14. The Kier molecular flexibility index (Phi) is 6.50. The lowest BCUT2D eigenvalue weighted by Gasteiger charge is -2.32. The molecule has 4 heteroatoms. The van der Waals surface area contributed by atoms with E-state index in [1.165, 1.54) is 24.0 Å². The molecule has 2 aromatic carbocycles. The smallest absolute Gasteiger partial charge is 0.251 e. The molecule has 1 amide bonds. The predicted molar refractivity (Wildman–Crippen MR) is 116 cm³/mol. The lowest BCUT2D eigenvalue weighted by atomic mass is 9.89. The van der Waals surface area contributed by atoms with Crippen molar-refractivity contribution in [3.8, 4) is 5.75 Å². The number of amides is 1. The summed E-state index contributed by atoms with van der Waals surface area (Å²) in [5.41, 5.74) is 3.41. The zero-order valence-electron chi connectivity index (χ0n) is 17.4. The molecule has 0 spiro atoms.